The monoisotopic (exact) mass is 243 g/mol. The molecule has 18 heavy (non-hydrogen) atoms. The maximum atomic E-state index is 3.89. The Morgan fingerprint density at radius 2 is 2.33 bits per heavy atom. The van der Waals surface area contributed by atoms with Gasteiger partial charge in [-0.1, -0.05) is 18.9 Å². The number of rotatable bonds is 5. The minimum atomic E-state index is 0.515. The molecule has 1 aromatic heterocycles. The molecule has 0 bridgehead atoms. The lowest BCUT2D eigenvalue weighted by atomic mass is 10.1. The van der Waals surface area contributed by atoms with Crippen molar-refractivity contribution < 1.29 is 0 Å². The minimum Gasteiger partial charge on any atom is -0.383 e. The molecule has 0 amide bonds. The lowest BCUT2D eigenvalue weighted by Crippen LogP contribution is -2.15. The molecule has 1 unspecified atom stereocenters. The van der Waals surface area contributed by atoms with Crippen LogP contribution in [0.15, 0.2) is 30.6 Å². The Kier molecular flexibility index (Phi) is 2.96. The molecule has 0 saturated heterocycles. The van der Waals surface area contributed by atoms with Crippen molar-refractivity contribution >= 4 is 5.69 Å². The van der Waals surface area contributed by atoms with Crippen LogP contribution in [0.2, 0.25) is 0 Å². The van der Waals surface area contributed by atoms with Crippen LogP contribution in [-0.2, 0) is 0 Å². The predicted molar refractivity (Wildman–Crippen MR) is 69.6 cm³/mol. The van der Waals surface area contributed by atoms with Gasteiger partial charge in [0.25, 0.3) is 0 Å². The van der Waals surface area contributed by atoms with Gasteiger partial charge in [-0.3, -0.25) is 0 Å². The number of benzene rings is 1. The normalized spacial score (nSPS) is 16.5. The molecule has 1 aliphatic rings. The van der Waals surface area contributed by atoms with E-state index in [1.54, 1.807) is 11.0 Å². The van der Waals surface area contributed by atoms with Crippen molar-refractivity contribution in [1.82, 2.24) is 20.2 Å². The van der Waals surface area contributed by atoms with Crippen LogP contribution in [0, 0.1) is 5.92 Å². The summed E-state index contributed by atoms with van der Waals surface area (Å²) in [5, 5.41) is 14.7. The summed E-state index contributed by atoms with van der Waals surface area (Å²) in [7, 11) is 0. The quantitative estimate of drug-likeness (QED) is 0.875. The van der Waals surface area contributed by atoms with Crippen LogP contribution >= 0.6 is 0 Å². The minimum absolute atomic E-state index is 0.515. The highest BCUT2D eigenvalue weighted by molar-refractivity contribution is 5.51. The third-order valence-corrected chi connectivity index (χ3v) is 3.26. The van der Waals surface area contributed by atoms with E-state index in [0.29, 0.717) is 6.04 Å². The molecule has 94 valence electrons. The van der Waals surface area contributed by atoms with Gasteiger partial charge in [0.2, 0.25) is 0 Å². The van der Waals surface area contributed by atoms with Crippen LogP contribution in [0.25, 0.3) is 5.69 Å². The molecule has 1 aliphatic carbocycles. The van der Waals surface area contributed by atoms with E-state index in [2.05, 4.69) is 39.9 Å². The van der Waals surface area contributed by atoms with Crippen molar-refractivity contribution in [1.29, 1.82) is 0 Å². The molecule has 1 heterocycles. The van der Waals surface area contributed by atoms with E-state index in [-0.39, 0.29) is 0 Å². The molecule has 0 spiro atoms. The SMILES string of the molecule is CC(CC1CC1)Nc1cccc(-n2cnnn2)c1. The highest BCUT2D eigenvalue weighted by atomic mass is 15.5. The zero-order valence-corrected chi connectivity index (χ0v) is 10.5. The molecule has 3 rings (SSSR count). The van der Waals surface area contributed by atoms with Crippen molar-refractivity contribution in [3.63, 3.8) is 0 Å². The van der Waals surface area contributed by atoms with Crippen molar-refractivity contribution in [3.05, 3.63) is 30.6 Å². The van der Waals surface area contributed by atoms with Crippen LogP contribution in [0.5, 0.6) is 0 Å². The van der Waals surface area contributed by atoms with Crippen molar-refractivity contribution in [3.8, 4) is 5.69 Å². The Labute approximate surface area is 106 Å². The highest BCUT2D eigenvalue weighted by Gasteiger charge is 2.23. The molecule has 2 aromatic rings. The third kappa shape index (κ3) is 2.67. The first-order valence-electron chi connectivity index (χ1n) is 6.41. The molecule has 0 aliphatic heterocycles. The average Bonchev–Trinajstić information content (AvgIpc) is 3.00. The van der Waals surface area contributed by atoms with Crippen molar-refractivity contribution in [2.45, 2.75) is 32.2 Å². The van der Waals surface area contributed by atoms with Gasteiger partial charge in [0.15, 0.2) is 0 Å². The van der Waals surface area contributed by atoms with Crippen LogP contribution in [0.4, 0.5) is 5.69 Å². The predicted octanol–water partition coefficient (Wildman–Crippen LogP) is 2.26. The molecule has 1 fully saturated rings. The van der Waals surface area contributed by atoms with Gasteiger partial charge >= 0.3 is 0 Å². The van der Waals surface area contributed by atoms with Crippen LogP contribution in [-0.4, -0.2) is 26.2 Å². The number of anilines is 1. The second-order valence-electron chi connectivity index (χ2n) is 5.03. The molecule has 1 atom stereocenters. The Bertz CT molecular complexity index is 504. The van der Waals surface area contributed by atoms with E-state index in [0.717, 1.165) is 17.3 Å². The zero-order chi connectivity index (χ0) is 12.4. The molecule has 1 aromatic carbocycles. The van der Waals surface area contributed by atoms with Gasteiger partial charge < -0.3 is 5.32 Å². The maximum Gasteiger partial charge on any atom is 0.143 e. The lowest BCUT2D eigenvalue weighted by Gasteiger charge is -2.15. The molecular weight excluding hydrogens is 226 g/mol. The first-order chi connectivity index (χ1) is 8.81. The van der Waals surface area contributed by atoms with Gasteiger partial charge in [0.05, 0.1) is 5.69 Å². The summed E-state index contributed by atoms with van der Waals surface area (Å²) in [6, 6.07) is 8.68. The summed E-state index contributed by atoms with van der Waals surface area (Å²) in [4.78, 5) is 0. The number of nitrogens with zero attached hydrogens (tertiary/aromatic N) is 4. The van der Waals surface area contributed by atoms with Crippen LogP contribution in [0.3, 0.4) is 0 Å². The zero-order valence-electron chi connectivity index (χ0n) is 10.5. The average molecular weight is 243 g/mol. The van der Waals surface area contributed by atoms with Gasteiger partial charge in [-0.15, -0.1) is 5.10 Å². The first kappa shape index (κ1) is 11.2. The fourth-order valence-corrected chi connectivity index (χ4v) is 2.21. The van der Waals surface area contributed by atoms with Gasteiger partial charge in [0, 0.05) is 11.7 Å². The van der Waals surface area contributed by atoms with Crippen molar-refractivity contribution in [2.75, 3.05) is 5.32 Å². The number of aromatic nitrogens is 4. The molecule has 0 radical (unpaired) electrons. The van der Waals surface area contributed by atoms with E-state index in [4.69, 9.17) is 0 Å². The van der Waals surface area contributed by atoms with E-state index < -0.39 is 0 Å². The first-order valence-corrected chi connectivity index (χ1v) is 6.41. The van der Waals surface area contributed by atoms with E-state index in [1.807, 2.05) is 12.1 Å². The number of tetrazole rings is 1. The van der Waals surface area contributed by atoms with E-state index >= 15 is 0 Å². The fraction of sp³-hybridized carbons (Fsp3) is 0.462. The second kappa shape index (κ2) is 4.76. The molecule has 5 nitrogen and oxygen atoms in total. The fourth-order valence-electron chi connectivity index (χ4n) is 2.21. The second-order valence-corrected chi connectivity index (χ2v) is 5.03. The Hall–Kier alpha value is -1.91. The summed E-state index contributed by atoms with van der Waals surface area (Å²) < 4.78 is 1.66. The summed E-state index contributed by atoms with van der Waals surface area (Å²) in [6.07, 6.45) is 5.66. The standard InChI is InChI=1S/C13H17N5/c1-10(7-11-5-6-11)15-12-3-2-4-13(8-12)18-9-14-16-17-18/h2-4,8-11,15H,5-7H2,1H3. The largest absolute Gasteiger partial charge is 0.383 e. The van der Waals surface area contributed by atoms with E-state index in [9.17, 15) is 0 Å². The van der Waals surface area contributed by atoms with E-state index in [1.165, 1.54) is 19.3 Å². The Balaban J connectivity index is 1.70. The van der Waals surface area contributed by atoms with Gasteiger partial charge in [-0.25, -0.2) is 4.68 Å². The number of nitrogens with one attached hydrogen (secondary N) is 1. The molecule has 1 N–H and O–H groups in total. The van der Waals surface area contributed by atoms with Gasteiger partial charge in [0.1, 0.15) is 6.33 Å². The smallest absolute Gasteiger partial charge is 0.143 e. The number of hydrogen-bond donors (Lipinski definition) is 1. The Morgan fingerprint density at radius 1 is 1.44 bits per heavy atom. The summed E-state index contributed by atoms with van der Waals surface area (Å²) in [6.45, 7) is 2.24. The summed E-state index contributed by atoms with van der Waals surface area (Å²) in [5.41, 5.74) is 2.10. The van der Waals surface area contributed by atoms with Crippen molar-refractivity contribution in [2.24, 2.45) is 5.92 Å². The summed E-state index contributed by atoms with van der Waals surface area (Å²) >= 11 is 0. The third-order valence-electron chi connectivity index (χ3n) is 3.26. The van der Waals surface area contributed by atoms with Gasteiger partial charge in [-0.05, 0) is 47.9 Å². The number of hydrogen-bond acceptors (Lipinski definition) is 4. The van der Waals surface area contributed by atoms with Gasteiger partial charge in [-0.2, -0.15) is 0 Å². The topological polar surface area (TPSA) is 55.6 Å². The van der Waals surface area contributed by atoms with Crippen LogP contribution < -0.4 is 5.32 Å². The molecule has 5 heteroatoms. The molecular formula is C13H17N5. The highest BCUT2D eigenvalue weighted by Crippen LogP contribution is 2.34. The lowest BCUT2D eigenvalue weighted by molar-refractivity contribution is 0.642. The maximum absolute atomic E-state index is 3.89. The van der Waals surface area contributed by atoms with Crippen LogP contribution in [0.1, 0.15) is 26.2 Å². The molecule has 1 saturated carbocycles. The Morgan fingerprint density at radius 3 is 3.06 bits per heavy atom. The summed E-state index contributed by atoms with van der Waals surface area (Å²) in [5.74, 6) is 0.940.